The Hall–Kier alpha value is -2.20. The van der Waals surface area contributed by atoms with E-state index in [1.807, 2.05) is 42.5 Å². The summed E-state index contributed by atoms with van der Waals surface area (Å²) in [5.74, 6) is -0.0452. The number of halogens is 1. The SMILES string of the molecule is O=C1NC2(c3ccccc3Cl)CCCCC2=NC1Cc1ccccn1. The molecule has 5 heteroatoms. The van der Waals surface area contributed by atoms with Gasteiger partial charge in [0.1, 0.15) is 11.6 Å². The zero-order valence-electron chi connectivity index (χ0n) is 13.9. The molecular formula is C20H20ClN3O. The summed E-state index contributed by atoms with van der Waals surface area (Å²) < 4.78 is 0. The van der Waals surface area contributed by atoms with E-state index in [4.69, 9.17) is 16.6 Å². The lowest BCUT2D eigenvalue weighted by Gasteiger charge is -2.44. The molecule has 25 heavy (non-hydrogen) atoms. The second-order valence-electron chi connectivity index (χ2n) is 6.70. The molecule has 4 nitrogen and oxygen atoms in total. The fraction of sp³-hybridized carbons (Fsp3) is 0.350. The fourth-order valence-electron chi connectivity index (χ4n) is 3.91. The Morgan fingerprint density at radius 2 is 2.00 bits per heavy atom. The highest BCUT2D eigenvalue weighted by Crippen LogP contribution is 2.40. The maximum Gasteiger partial charge on any atom is 0.246 e. The number of carbonyl (C=O) groups excluding carboxylic acids is 1. The van der Waals surface area contributed by atoms with Gasteiger partial charge < -0.3 is 5.32 Å². The molecule has 1 fully saturated rings. The van der Waals surface area contributed by atoms with Gasteiger partial charge in [0.25, 0.3) is 0 Å². The summed E-state index contributed by atoms with van der Waals surface area (Å²) >= 11 is 6.47. The van der Waals surface area contributed by atoms with E-state index in [-0.39, 0.29) is 5.91 Å². The molecule has 0 spiro atoms. The Kier molecular flexibility index (Phi) is 4.30. The first kappa shape index (κ1) is 16.3. The van der Waals surface area contributed by atoms with Crippen LogP contribution >= 0.6 is 11.6 Å². The number of benzene rings is 1. The van der Waals surface area contributed by atoms with Crippen molar-refractivity contribution in [3.05, 3.63) is 64.9 Å². The Morgan fingerprint density at radius 1 is 1.16 bits per heavy atom. The summed E-state index contributed by atoms with van der Waals surface area (Å²) in [4.78, 5) is 22.1. The number of hydrogen-bond donors (Lipinski definition) is 1. The first-order chi connectivity index (χ1) is 12.2. The van der Waals surface area contributed by atoms with E-state index in [0.29, 0.717) is 11.4 Å². The lowest BCUT2D eigenvalue weighted by molar-refractivity contribution is -0.124. The largest absolute Gasteiger partial charge is 0.339 e. The number of fused-ring (bicyclic) bond motifs is 1. The van der Waals surface area contributed by atoms with Gasteiger partial charge in [0.2, 0.25) is 5.91 Å². The lowest BCUT2D eigenvalue weighted by atomic mass is 9.73. The van der Waals surface area contributed by atoms with Crippen LogP contribution in [0.2, 0.25) is 5.02 Å². The molecule has 1 aliphatic heterocycles. The first-order valence-electron chi connectivity index (χ1n) is 8.73. The van der Waals surface area contributed by atoms with Crippen molar-refractivity contribution in [2.45, 2.75) is 43.7 Å². The number of amides is 1. The van der Waals surface area contributed by atoms with Gasteiger partial charge in [-0.3, -0.25) is 14.8 Å². The molecule has 0 saturated heterocycles. The van der Waals surface area contributed by atoms with E-state index in [9.17, 15) is 4.79 Å². The van der Waals surface area contributed by atoms with Gasteiger partial charge in [0.05, 0.1) is 0 Å². The molecule has 1 aliphatic carbocycles. The molecule has 1 aromatic carbocycles. The molecule has 2 aliphatic rings. The van der Waals surface area contributed by atoms with E-state index in [2.05, 4.69) is 10.3 Å². The Balaban J connectivity index is 1.73. The smallest absolute Gasteiger partial charge is 0.246 e. The minimum absolute atomic E-state index is 0.0452. The van der Waals surface area contributed by atoms with E-state index in [1.165, 1.54) is 0 Å². The minimum Gasteiger partial charge on any atom is -0.339 e. The number of nitrogens with zero attached hydrogens (tertiary/aromatic N) is 2. The monoisotopic (exact) mass is 353 g/mol. The minimum atomic E-state index is -0.547. The van der Waals surface area contributed by atoms with Gasteiger partial charge in [-0.1, -0.05) is 35.9 Å². The van der Waals surface area contributed by atoms with Gasteiger partial charge in [0, 0.05) is 34.6 Å². The summed E-state index contributed by atoms with van der Waals surface area (Å²) in [6, 6.07) is 13.1. The molecule has 128 valence electrons. The van der Waals surface area contributed by atoms with Gasteiger partial charge in [-0.05, 0) is 43.9 Å². The van der Waals surface area contributed by atoms with Crippen LogP contribution in [0.15, 0.2) is 53.7 Å². The average molecular weight is 354 g/mol. The summed E-state index contributed by atoms with van der Waals surface area (Å²) in [7, 11) is 0. The van der Waals surface area contributed by atoms with E-state index in [0.717, 1.165) is 42.7 Å². The zero-order chi connectivity index (χ0) is 17.3. The van der Waals surface area contributed by atoms with Crippen molar-refractivity contribution in [3.8, 4) is 0 Å². The Labute approximate surface area is 152 Å². The van der Waals surface area contributed by atoms with Crippen LogP contribution in [-0.4, -0.2) is 22.6 Å². The summed E-state index contributed by atoms with van der Waals surface area (Å²) in [6.45, 7) is 0. The van der Waals surface area contributed by atoms with Crippen molar-refractivity contribution in [2.75, 3.05) is 0 Å². The van der Waals surface area contributed by atoms with Crippen LogP contribution in [0.25, 0.3) is 0 Å². The van der Waals surface area contributed by atoms with Crippen LogP contribution in [0.3, 0.4) is 0 Å². The molecule has 1 N–H and O–H groups in total. The number of nitrogens with one attached hydrogen (secondary N) is 1. The van der Waals surface area contributed by atoms with Crippen molar-refractivity contribution in [1.82, 2.24) is 10.3 Å². The van der Waals surface area contributed by atoms with Crippen molar-refractivity contribution < 1.29 is 4.79 Å². The number of carbonyl (C=O) groups is 1. The molecule has 4 rings (SSSR count). The predicted octanol–water partition coefficient (Wildman–Crippen LogP) is 3.69. The maximum absolute atomic E-state index is 12.9. The lowest BCUT2D eigenvalue weighted by Crippen LogP contribution is -2.59. The van der Waals surface area contributed by atoms with Gasteiger partial charge >= 0.3 is 0 Å². The van der Waals surface area contributed by atoms with Crippen LogP contribution < -0.4 is 5.32 Å². The highest BCUT2D eigenvalue weighted by molar-refractivity contribution is 6.32. The molecule has 2 aromatic rings. The molecule has 2 heterocycles. The summed E-state index contributed by atoms with van der Waals surface area (Å²) in [5.41, 5.74) is 2.34. The summed E-state index contributed by atoms with van der Waals surface area (Å²) in [5, 5.41) is 3.96. The van der Waals surface area contributed by atoms with E-state index < -0.39 is 11.6 Å². The molecule has 1 saturated carbocycles. The van der Waals surface area contributed by atoms with Gasteiger partial charge in [-0.2, -0.15) is 0 Å². The molecule has 2 atom stereocenters. The van der Waals surface area contributed by atoms with Crippen LogP contribution in [0.5, 0.6) is 0 Å². The van der Waals surface area contributed by atoms with E-state index >= 15 is 0 Å². The molecule has 1 amide bonds. The normalized spacial score (nSPS) is 25.7. The number of aromatic nitrogens is 1. The van der Waals surface area contributed by atoms with Crippen molar-refractivity contribution in [2.24, 2.45) is 4.99 Å². The van der Waals surface area contributed by atoms with Crippen molar-refractivity contribution in [1.29, 1.82) is 0 Å². The number of rotatable bonds is 3. The number of aliphatic imine (C=N–C) groups is 1. The highest BCUT2D eigenvalue weighted by Gasteiger charge is 2.46. The molecule has 0 radical (unpaired) electrons. The molecule has 2 unspecified atom stereocenters. The quantitative estimate of drug-likeness (QED) is 0.915. The van der Waals surface area contributed by atoms with Crippen molar-refractivity contribution in [3.63, 3.8) is 0 Å². The number of hydrogen-bond acceptors (Lipinski definition) is 3. The maximum atomic E-state index is 12.9. The topological polar surface area (TPSA) is 54.4 Å². The van der Waals surface area contributed by atoms with Gasteiger partial charge in [0.15, 0.2) is 0 Å². The number of pyridine rings is 1. The standard InChI is InChI=1S/C20H20ClN3O/c21-16-9-2-1-8-15(16)20-11-5-3-10-18(20)23-17(19(25)24-20)13-14-7-4-6-12-22-14/h1-2,4,6-9,12,17H,3,5,10-11,13H2,(H,24,25). The Bertz CT molecular complexity index is 821. The second kappa shape index (κ2) is 6.60. The van der Waals surface area contributed by atoms with Gasteiger partial charge in [-0.15, -0.1) is 0 Å². The molecule has 0 bridgehead atoms. The molecule has 1 aromatic heterocycles. The van der Waals surface area contributed by atoms with E-state index in [1.54, 1.807) is 6.20 Å². The third-order valence-corrected chi connectivity index (χ3v) is 5.45. The Morgan fingerprint density at radius 3 is 2.80 bits per heavy atom. The third kappa shape index (κ3) is 2.95. The van der Waals surface area contributed by atoms with Crippen LogP contribution in [0, 0.1) is 0 Å². The summed E-state index contributed by atoms with van der Waals surface area (Å²) in [6.07, 6.45) is 6.15. The molecular weight excluding hydrogens is 334 g/mol. The predicted molar refractivity (Wildman–Crippen MR) is 98.9 cm³/mol. The third-order valence-electron chi connectivity index (χ3n) is 5.12. The fourth-order valence-corrected chi connectivity index (χ4v) is 4.21. The second-order valence-corrected chi connectivity index (χ2v) is 7.11. The zero-order valence-corrected chi connectivity index (χ0v) is 14.7. The first-order valence-corrected chi connectivity index (χ1v) is 9.11. The average Bonchev–Trinajstić information content (AvgIpc) is 2.63. The van der Waals surface area contributed by atoms with Crippen LogP contribution in [0.1, 0.15) is 36.9 Å². The van der Waals surface area contributed by atoms with Gasteiger partial charge in [-0.25, -0.2) is 0 Å². The highest BCUT2D eigenvalue weighted by atomic mass is 35.5. The van der Waals surface area contributed by atoms with Crippen LogP contribution in [-0.2, 0) is 16.8 Å². The van der Waals surface area contributed by atoms with Crippen LogP contribution in [0.4, 0.5) is 0 Å². The van der Waals surface area contributed by atoms with Crippen molar-refractivity contribution >= 4 is 23.2 Å².